The Morgan fingerprint density at radius 2 is 2.22 bits per heavy atom. The number of hydrogen-bond donors (Lipinski definition) is 1. The minimum absolute atomic E-state index is 0.0197. The lowest BCUT2D eigenvalue weighted by Gasteiger charge is -2.14. The fourth-order valence-corrected chi connectivity index (χ4v) is 1.55. The summed E-state index contributed by atoms with van der Waals surface area (Å²) in [5.74, 6) is 0. The molecule has 0 amide bonds. The molecule has 100 valence electrons. The van der Waals surface area contributed by atoms with Crippen LogP contribution in [0.15, 0.2) is 24.3 Å². The molecule has 0 aliphatic heterocycles. The number of rotatable bonds is 8. The quantitative estimate of drug-likeness (QED) is 0.560. The standard InChI is InChI=1S/C12H18N2O4/c1-17-9-12(18-2)8-13-7-10-4-3-5-11(6-10)14(15)16/h3-6,12-13H,7-9H2,1-2H3. The number of hydrogen-bond acceptors (Lipinski definition) is 5. The average Bonchev–Trinajstić information content (AvgIpc) is 2.38. The van der Waals surface area contributed by atoms with Gasteiger partial charge in [0.15, 0.2) is 0 Å². The third-order valence-electron chi connectivity index (χ3n) is 2.51. The Hall–Kier alpha value is -1.50. The van der Waals surface area contributed by atoms with Crippen molar-refractivity contribution in [1.29, 1.82) is 0 Å². The average molecular weight is 254 g/mol. The molecule has 0 aliphatic rings. The van der Waals surface area contributed by atoms with Gasteiger partial charge in [-0.25, -0.2) is 0 Å². The van der Waals surface area contributed by atoms with Gasteiger partial charge in [0.2, 0.25) is 0 Å². The summed E-state index contributed by atoms with van der Waals surface area (Å²) in [7, 11) is 3.24. The first kappa shape index (κ1) is 14.6. The van der Waals surface area contributed by atoms with E-state index in [-0.39, 0.29) is 11.8 Å². The number of non-ortho nitro benzene ring substituents is 1. The summed E-state index contributed by atoms with van der Waals surface area (Å²) in [6, 6.07) is 6.56. The number of nitrogens with zero attached hydrogens (tertiary/aromatic N) is 1. The zero-order valence-corrected chi connectivity index (χ0v) is 10.6. The summed E-state index contributed by atoms with van der Waals surface area (Å²) < 4.78 is 10.2. The Kier molecular flexibility index (Phi) is 6.27. The molecule has 0 heterocycles. The summed E-state index contributed by atoms with van der Waals surface area (Å²) >= 11 is 0. The molecule has 1 aromatic rings. The van der Waals surface area contributed by atoms with Gasteiger partial charge in [0, 0.05) is 39.4 Å². The van der Waals surface area contributed by atoms with Gasteiger partial charge < -0.3 is 14.8 Å². The molecule has 0 spiro atoms. The highest BCUT2D eigenvalue weighted by Gasteiger charge is 2.08. The fourth-order valence-electron chi connectivity index (χ4n) is 1.55. The van der Waals surface area contributed by atoms with Crippen LogP contribution in [-0.2, 0) is 16.0 Å². The summed E-state index contributed by atoms with van der Waals surface area (Å²) in [6.07, 6.45) is -0.0197. The van der Waals surface area contributed by atoms with Gasteiger partial charge in [0.25, 0.3) is 5.69 Å². The van der Waals surface area contributed by atoms with Gasteiger partial charge in [-0.15, -0.1) is 0 Å². The van der Waals surface area contributed by atoms with E-state index in [9.17, 15) is 10.1 Å². The summed E-state index contributed by atoms with van der Waals surface area (Å²) in [4.78, 5) is 10.2. The maximum absolute atomic E-state index is 10.6. The third-order valence-corrected chi connectivity index (χ3v) is 2.51. The first-order valence-corrected chi connectivity index (χ1v) is 5.63. The molecule has 1 rings (SSSR count). The Balaban J connectivity index is 2.43. The molecule has 0 saturated carbocycles. The van der Waals surface area contributed by atoms with E-state index < -0.39 is 4.92 Å². The molecular weight excluding hydrogens is 236 g/mol. The first-order chi connectivity index (χ1) is 8.67. The molecule has 18 heavy (non-hydrogen) atoms. The van der Waals surface area contributed by atoms with Crippen LogP contribution in [0.5, 0.6) is 0 Å². The van der Waals surface area contributed by atoms with Crippen LogP contribution in [0, 0.1) is 10.1 Å². The Morgan fingerprint density at radius 1 is 1.44 bits per heavy atom. The first-order valence-electron chi connectivity index (χ1n) is 5.63. The second-order valence-corrected chi connectivity index (χ2v) is 3.87. The van der Waals surface area contributed by atoms with Crippen LogP contribution >= 0.6 is 0 Å². The number of ether oxygens (including phenoxy) is 2. The van der Waals surface area contributed by atoms with Crippen LogP contribution in [0.4, 0.5) is 5.69 Å². The zero-order chi connectivity index (χ0) is 13.4. The highest BCUT2D eigenvalue weighted by molar-refractivity contribution is 5.34. The van der Waals surface area contributed by atoms with Crippen molar-refractivity contribution in [2.24, 2.45) is 0 Å². The summed E-state index contributed by atoms with van der Waals surface area (Å²) in [5, 5.41) is 13.8. The van der Waals surface area contributed by atoms with Crippen molar-refractivity contribution in [2.75, 3.05) is 27.4 Å². The lowest BCUT2D eigenvalue weighted by atomic mass is 10.2. The Labute approximate surface area is 106 Å². The number of nitro benzene ring substituents is 1. The topological polar surface area (TPSA) is 73.6 Å². The number of nitrogens with one attached hydrogen (secondary N) is 1. The predicted octanol–water partition coefficient (Wildman–Crippen LogP) is 1.35. The zero-order valence-electron chi connectivity index (χ0n) is 10.6. The van der Waals surface area contributed by atoms with E-state index in [0.717, 1.165) is 5.56 Å². The lowest BCUT2D eigenvalue weighted by molar-refractivity contribution is -0.384. The number of benzene rings is 1. The van der Waals surface area contributed by atoms with Crippen LogP contribution in [-0.4, -0.2) is 38.4 Å². The molecule has 0 fully saturated rings. The van der Waals surface area contributed by atoms with E-state index in [2.05, 4.69) is 5.32 Å². The highest BCUT2D eigenvalue weighted by atomic mass is 16.6. The van der Waals surface area contributed by atoms with E-state index in [1.165, 1.54) is 6.07 Å². The molecule has 1 N–H and O–H groups in total. The third kappa shape index (κ3) is 4.79. The molecule has 0 saturated heterocycles. The van der Waals surface area contributed by atoms with E-state index >= 15 is 0 Å². The minimum atomic E-state index is -0.396. The highest BCUT2D eigenvalue weighted by Crippen LogP contribution is 2.12. The van der Waals surface area contributed by atoms with Gasteiger partial charge >= 0.3 is 0 Å². The minimum Gasteiger partial charge on any atom is -0.382 e. The fraction of sp³-hybridized carbons (Fsp3) is 0.500. The van der Waals surface area contributed by atoms with Crippen molar-refractivity contribution >= 4 is 5.69 Å². The molecule has 6 nitrogen and oxygen atoms in total. The van der Waals surface area contributed by atoms with Crippen molar-refractivity contribution in [1.82, 2.24) is 5.32 Å². The SMILES string of the molecule is COCC(CNCc1cccc([N+](=O)[O-])c1)OC. The van der Waals surface area contributed by atoms with Crippen molar-refractivity contribution in [3.8, 4) is 0 Å². The number of methoxy groups -OCH3 is 2. The summed E-state index contributed by atoms with van der Waals surface area (Å²) in [5.41, 5.74) is 0.978. The molecule has 0 aliphatic carbocycles. The molecule has 1 atom stereocenters. The van der Waals surface area contributed by atoms with Crippen molar-refractivity contribution in [3.05, 3.63) is 39.9 Å². The molecule has 1 aromatic carbocycles. The molecule has 6 heteroatoms. The molecule has 0 radical (unpaired) electrons. The van der Waals surface area contributed by atoms with Gasteiger partial charge in [-0.2, -0.15) is 0 Å². The van der Waals surface area contributed by atoms with Crippen LogP contribution in [0.3, 0.4) is 0 Å². The maximum Gasteiger partial charge on any atom is 0.269 e. The molecule has 1 unspecified atom stereocenters. The molecule has 0 bridgehead atoms. The van der Waals surface area contributed by atoms with Crippen LogP contribution in [0.2, 0.25) is 0 Å². The van der Waals surface area contributed by atoms with Crippen molar-refractivity contribution in [3.63, 3.8) is 0 Å². The summed E-state index contributed by atoms with van der Waals surface area (Å²) in [6.45, 7) is 1.71. The lowest BCUT2D eigenvalue weighted by Crippen LogP contribution is -2.31. The second kappa shape index (κ2) is 7.75. The molecular formula is C12H18N2O4. The van der Waals surface area contributed by atoms with E-state index in [4.69, 9.17) is 9.47 Å². The van der Waals surface area contributed by atoms with Gasteiger partial charge in [-0.05, 0) is 5.56 Å². The maximum atomic E-state index is 10.6. The van der Waals surface area contributed by atoms with Gasteiger partial charge in [-0.1, -0.05) is 12.1 Å². The van der Waals surface area contributed by atoms with Gasteiger partial charge in [0.05, 0.1) is 17.6 Å². The number of nitro groups is 1. The van der Waals surface area contributed by atoms with Crippen LogP contribution in [0.1, 0.15) is 5.56 Å². The molecule has 0 aromatic heterocycles. The normalized spacial score (nSPS) is 12.3. The Bertz CT molecular complexity index is 384. The van der Waals surface area contributed by atoms with Crippen LogP contribution in [0.25, 0.3) is 0 Å². The van der Waals surface area contributed by atoms with Gasteiger partial charge in [-0.3, -0.25) is 10.1 Å². The Morgan fingerprint density at radius 3 is 2.83 bits per heavy atom. The monoisotopic (exact) mass is 254 g/mol. The van der Waals surface area contributed by atoms with Crippen molar-refractivity contribution in [2.45, 2.75) is 12.6 Å². The second-order valence-electron chi connectivity index (χ2n) is 3.87. The largest absolute Gasteiger partial charge is 0.382 e. The van der Waals surface area contributed by atoms with E-state index in [1.54, 1.807) is 26.4 Å². The van der Waals surface area contributed by atoms with E-state index in [1.807, 2.05) is 6.07 Å². The smallest absolute Gasteiger partial charge is 0.269 e. The van der Waals surface area contributed by atoms with Crippen molar-refractivity contribution < 1.29 is 14.4 Å². The van der Waals surface area contributed by atoms with Gasteiger partial charge in [0.1, 0.15) is 0 Å². The van der Waals surface area contributed by atoms with E-state index in [0.29, 0.717) is 19.7 Å². The van der Waals surface area contributed by atoms with Crippen LogP contribution < -0.4 is 5.32 Å². The predicted molar refractivity (Wildman–Crippen MR) is 67.5 cm³/mol.